The molecule has 0 saturated carbocycles. The van der Waals surface area contributed by atoms with Crippen LogP contribution in [0.5, 0.6) is 0 Å². The van der Waals surface area contributed by atoms with Gasteiger partial charge < -0.3 is 5.32 Å². The molecule has 5 heteroatoms. The van der Waals surface area contributed by atoms with E-state index in [-0.39, 0.29) is 5.91 Å². The molecule has 1 aromatic carbocycles. The van der Waals surface area contributed by atoms with E-state index in [2.05, 4.69) is 37.2 Å². The van der Waals surface area contributed by atoms with Gasteiger partial charge >= 0.3 is 0 Å². The minimum absolute atomic E-state index is 0.00456. The zero-order valence-electron chi connectivity index (χ0n) is 9.21. The van der Waals surface area contributed by atoms with Gasteiger partial charge in [0.05, 0.1) is 5.56 Å². The molecule has 0 radical (unpaired) electrons. The smallest absolute Gasteiger partial charge is 0.252 e. The summed E-state index contributed by atoms with van der Waals surface area (Å²) in [6.07, 6.45) is 1.21. The van der Waals surface area contributed by atoms with E-state index < -0.39 is 0 Å². The van der Waals surface area contributed by atoms with Crippen LogP contribution in [0, 0.1) is 5.92 Å². The molecule has 1 aliphatic rings. The summed E-state index contributed by atoms with van der Waals surface area (Å²) < 4.78 is 1.75. The number of carbonyl (C=O) groups excluding carboxylic acids is 1. The molecule has 2 nitrogen and oxygen atoms in total. The highest BCUT2D eigenvalue weighted by atomic mass is 79.9. The van der Waals surface area contributed by atoms with E-state index >= 15 is 0 Å². The van der Waals surface area contributed by atoms with Crippen LogP contribution in [0.3, 0.4) is 0 Å². The van der Waals surface area contributed by atoms with E-state index in [0.29, 0.717) is 11.5 Å². The van der Waals surface area contributed by atoms with Crippen molar-refractivity contribution in [3.05, 3.63) is 32.7 Å². The van der Waals surface area contributed by atoms with Gasteiger partial charge in [0.25, 0.3) is 5.91 Å². The van der Waals surface area contributed by atoms with Crippen molar-refractivity contribution in [1.29, 1.82) is 0 Å². The Morgan fingerprint density at radius 1 is 1.47 bits per heavy atom. The summed E-state index contributed by atoms with van der Waals surface area (Å²) >= 11 is 8.74. The minimum Gasteiger partial charge on any atom is -0.352 e. The maximum absolute atomic E-state index is 12.0. The van der Waals surface area contributed by atoms with Gasteiger partial charge in [-0.05, 0) is 58.0 Å². The van der Waals surface area contributed by atoms with Crippen molar-refractivity contribution in [2.45, 2.75) is 6.42 Å². The van der Waals surface area contributed by atoms with Gasteiger partial charge in [-0.25, -0.2) is 0 Å². The predicted octanol–water partition coefficient (Wildman–Crippen LogP) is 3.69. The van der Waals surface area contributed by atoms with Crippen molar-refractivity contribution in [3.63, 3.8) is 0 Å². The Labute approximate surface area is 122 Å². The van der Waals surface area contributed by atoms with Crippen LogP contribution in [0.15, 0.2) is 27.1 Å². The normalized spacial score (nSPS) is 19.3. The van der Waals surface area contributed by atoms with Crippen LogP contribution in [-0.2, 0) is 0 Å². The molecular formula is C12H13Br2NOS. The quantitative estimate of drug-likeness (QED) is 0.868. The van der Waals surface area contributed by atoms with Crippen molar-refractivity contribution in [1.82, 2.24) is 5.32 Å². The molecule has 92 valence electrons. The number of thioether (sulfide) groups is 1. The van der Waals surface area contributed by atoms with Gasteiger partial charge in [0.1, 0.15) is 0 Å². The summed E-state index contributed by atoms with van der Waals surface area (Å²) in [6.45, 7) is 0.783. The maximum atomic E-state index is 12.0. The Balaban J connectivity index is 1.96. The number of hydrogen-bond acceptors (Lipinski definition) is 2. The van der Waals surface area contributed by atoms with Gasteiger partial charge in [0, 0.05) is 15.5 Å². The lowest BCUT2D eigenvalue weighted by Gasteiger charge is -2.11. The fourth-order valence-corrected chi connectivity index (χ4v) is 3.82. The zero-order chi connectivity index (χ0) is 12.3. The molecule has 0 bridgehead atoms. The number of carbonyl (C=O) groups is 1. The largest absolute Gasteiger partial charge is 0.352 e. The zero-order valence-corrected chi connectivity index (χ0v) is 13.2. The van der Waals surface area contributed by atoms with Crippen LogP contribution in [0.1, 0.15) is 16.8 Å². The second kappa shape index (κ2) is 6.25. The average molecular weight is 379 g/mol. The lowest BCUT2D eigenvalue weighted by atomic mass is 10.1. The molecule has 1 heterocycles. The minimum atomic E-state index is -0.00456. The summed E-state index contributed by atoms with van der Waals surface area (Å²) in [4.78, 5) is 12.0. The highest BCUT2D eigenvalue weighted by molar-refractivity contribution is 9.11. The fraction of sp³-hybridized carbons (Fsp3) is 0.417. The first-order chi connectivity index (χ1) is 8.16. The van der Waals surface area contributed by atoms with Crippen molar-refractivity contribution in [2.75, 3.05) is 18.1 Å². The number of rotatable bonds is 3. The van der Waals surface area contributed by atoms with Gasteiger partial charge in [0.2, 0.25) is 0 Å². The number of amides is 1. The SMILES string of the molecule is O=C(NCC1CCSC1)c1cc(Br)ccc1Br. The third-order valence-corrected chi connectivity index (χ3v) is 5.16. The summed E-state index contributed by atoms with van der Waals surface area (Å²) in [5, 5.41) is 3.01. The molecule has 0 aliphatic carbocycles. The molecule has 1 saturated heterocycles. The Morgan fingerprint density at radius 3 is 3.00 bits per heavy atom. The fourth-order valence-electron chi connectivity index (χ4n) is 1.75. The molecule has 0 aromatic heterocycles. The van der Waals surface area contributed by atoms with Gasteiger partial charge in [-0.1, -0.05) is 15.9 Å². The van der Waals surface area contributed by atoms with E-state index in [4.69, 9.17) is 0 Å². The topological polar surface area (TPSA) is 29.1 Å². The summed E-state index contributed by atoms with van der Waals surface area (Å²) in [5.41, 5.74) is 0.685. The molecular weight excluding hydrogens is 366 g/mol. The Kier molecular flexibility index (Phi) is 4.94. The highest BCUT2D eigenvalue weighted by Crippen LogP contribution is 2.24. The van der Waals surface area contributed by atoms with Gasteiger partial charge in [-0.2, -0.15) is 11.8 Å². The first-order valence-corrected chi connectivity index (χ1v) is 8.22. The lowest BCUT2D eigenvalue weighted by Crippen LogP contribution is -2.29. The Morgan fingerprint density at radius 2 is 2.29 bits per heavy atom. The first kappa shape index (κ1) is 13.4. The van der Waals surface area contributed by atoms with E-state index in [1.807, 2.05) is 30.0 Å². The molecule has 1 fully saturated rings. The Hall–Kier alpha value is -0.000000000000000111. The molecule has 0 spiro atoms. The molecule has 1 aromatic rings. The summed E-state index contributed by atoms with van der Waals surface area (Å²) in [6, 6.07) is 5.63. The van der Waals surface area contributed by atoms with Gasteiger partial charge in [0.15, 0.2) is 0 Å². The van der Waals surface area contributed by atoms with Crippen LogP contribution in [0.2, 0.25) is 0 Å². The molecule has 1 unspecified atom stereocenters. The third kappa shape index (κ3) is 3.73. The van der Waals surface area contributed by atoms with Crippen LogP contribution in [0.25, 0.3) is 0 Å². The molecule has 2 rings (SSSR count). The predicted molar refractivity (Wildman–Crippen MR) is 79.6 cm³/mol. The third-order valence-electron chi connectivity index (χ3n) is 2.75. The second-order valence-electron chi connectivity index (χ2n) is 4.06. The number of nitrogens with one attached hydrogen (secondary N) is 1. The van der Waals surface area contributed by atoms with Gasteiger partial charge in [-0.15, -0.1) is 0 Å². The Bertz CT molecular complexity index is 419. The molecule has 1 amide bonds. The van der Waals surface area contributed by atoms with Crippen molar-refractivity contribution >= 4 is 49.5 Å². The second-order valence-corrected chi connectivity index (χ2v) is 6.98. The van der Waals surface area contributed by atoms with Crippen LogP contribution < -0.4 is 5.32 Å². The summed E-state index contributed by atoms with van der Waals surface area (Å²) in [5.74, 6) is 3.02. The number of halogens is 2. The molecule has 1 atom stereocenters. The van der Waals surface area contributed by atoms with E-state index in [1.54, 1.807) is 0 Å². The van der Waals surface area contributed by atoms with E-state index in [9.17, 15) is 4.79 Å². The number of benzene rings is 1. The summed E-state index contributed by atoms with van der Waals surface area (Å²) in [7, 11) is 0. The monoisotopic (exact) mass is 377 g/mol. The van der Waals surface area contributed by atoms with Crippen molar-refractivity contribution in [2.24, 2.45) is 5.92 Å². The van der Waals surface area contributed by atoms with Gasteiger partial charge in [-0.3, -0.25) is 4.79 Å². The molecule has 1 N–H and O–H groups in total. The van der Waals surface area contributed by atoms with Crippen molar-refractivity contribution < 1.29 is 4.79 Å². The van der Waals surface area contributed by atoms with Crippen LogP contribution in [0.4, 0.5) is 0 Å². The average Bonchev–Trinajstić information content (AvgIpc) is 2.82. The molecule has 1 aliphatic heterocycles. The first-order valence-electron chi connectivity index (χ1n) is 5.48. The standard InChI is InChI=1S/C12H13Br2NOS/c13-9-1-2-11(14)10(5-9)12(16)15-6-8-3-4-17-7-8/h1-2,5,8H,3-4,6-7H2,(H,15,16). The number of hydrogen-bond donors (Lipinski definition) is 1. The van der Waals surface area contributed by atoms with Crippen LogP contribution >= 0.6 is 43.6 Å². The highest BCUT2D eigenvalue weighted by Gasteiger charge is 2.17. The van der Waals surface area contributed by atoms with E-state index in [0.717, 1.165) is 15.5 Å². The van der Waals surface area contributed by atoms with Crippen molar-refractivity contribution in [3.8, 4) is 0 Å². The van der Waals surface area contributed by atoms with E-state index in [1.165, 1.54) is 17.9 Å². The lowest BCUT2D eigenvalue weighted by molar-refractivity contribution is 0.0947. The van der Waals surface area contributed by atoms with Crippen LogP contribution in [-0.4, -0.2) is 24.0 Å². The molecule has 17 heavy (non-hydrogen) atoms. The maximum Gasteiger partial charge on any atom is 0.252 e.